The molecule has 5 N–H and O–H groups in total. The Morgan fingerprint density at radius 1 is 1.02 bits per heavy atom. The van der Waals surface area contributed by atoms with E-state index in [1.165, 1.54) is 11.2 Å². The Bertz CT molecular complexity index is 1580. The van der Waals surface area contributed by atoms with E-state index >= 15 is 0 Å². The minimum absolute atomic E-state index is 0.0482. The van der Waals surface area contributed by atoms with Crippen molar-refractivity contribution < 1.29 is 32.3 Å². The Kier molecular flexibility index (Phi) is 6.92. The zero-order valence-corrected chi connectivity index (χ0v) is 20.7. The highest BCUT2D eigenvalue weighted by Gasteiger charge is 2.31. The minimum Gasteiger partial charge on any atom is -0.465 e. The topological polar surface area (TPSA) is 138 Å². The van der Waals surface area contributed by atoms with Crippen LogP contribution in [-0.2, 0) is 6.18 Å². The summed E-state index contributed by atoms with van der Waals surface area (Å²) in [6.07, 6.45) is -3.06. The molecule has 0 bridgehead atoms. The van der Waals surface area contributed by atoms with Gasteiger partial charge in [-0.3, -0.25) is 0 Å². The Morgan fingerprint density at radius 3 is 2.38 bits per heavy atom. The number of rotatable bonds is 4. The first-order valence-corrected chi connectivity index (χ1v) is 12.2. The molecule has 0 radical (unpaired) electrons. The van der Waals surface area contributed by atoms with Gasteiger partial charge in [-0.2, -0.15) is 18.3 Å². The van der Waals surface area contributed by atoms with E-state index in [0.717, 1.165) is 16.8 Å². The predicted molar refractivity (Wildman–Crippen MR) is 138 cm³/mol. The molecule has 14 heteroatoms. The van der Waals surface area contributed by atoms with Crippen LogP contribution in [0.3, 0.4) is 0 Å². The molecule has 2 aromatic heterocycles. The molecule has 0 spiro atoms. The Balaban J connectivity index is 1.35. The molecule has 0 aliphatic carbocycles. The molecule has 0 unspecified atom stereocenters. The number of piperidine rings is 1. The first kappa shape index (κ1) is 26.7. The van der Waals surface area contributed by atoms with Gasteiger partial charge in [0.1, 0.15) is 17.7 Å². The second-order valence-electron chi connectivity index (χ2n) is 9.28. The van der Waals surface area contributed by atoms with Crippen LogP contribution in [0.15, 0.2) is 54.9 Å². The number of nitrogens with one attached hydrogen (secondary N) is 2. The number of nitrogens with zero attached hydrogens (tertiary/aromatic N) is 4. The third kappa shape index (κ3) is 5.32. The van der Waals surface area contributed by atoms with Gasteiger partial charge in [-0.15, -0.1) is 0 Å². The Labute approximate surface area is 224 Å². The maximum Gasteiger partial charge on any atom is 0.416 e. The lowest BCUT2D eigenvalue weighted by atomic mass is 9.93. The van der Waals surface area contributed by atoms with Crippen molar-refractivity contribution in [3.8, 4) is 11.1 Å². The molecule has 4 aromatic rings. The standard InChI is InChI=1S/C26H23F4N7O3/c27-19-6-3-16(26(28,29)30)11-20(19)35-24(38)34-17-4-1-14(2-5-17)18-12-21(37-22(18)23(31)32-13-33-37)15-7-9-36(10-8-15)25(39)40/h1-6,11-13,15H,7-10H2,(H,39,40)(H2,31,32,33)(H2,34,35,38). The van der Waals surface area contributed by atoms with Gasteiger partial charge >= 0.3 is 18.3 Å². The lowest BCUT2D eigenvalue weighted by molar-refractivity contribution is -0.137. The van der Waals surface area contributed by atoms with Crippen LogP contribution in [0.2, 0.25) is 0 Å². The summed E-state index contributed by atoms with van der Waals surface area (Å²) in [4.78, 5) is 29.1. The van der Waals surface area contributed by atoms with Gasteiger partial charge in [0.05, 0.1) is 11.3 Å². The molecule has 208 valence electrons. The molecule has 1 aliphatic rings. The molecule has 1 saturated heterocycles. The number of nitrogen functional groups attached to an aromatic ring is 1. The van der Waals surface area contributed by atoms with Gasteiger partial charge in [-0.25, -0.2) is 23.5 Å². The Morgan fingerprint density at radius 2 is 1.73 bits per heavy atom. The van der Waals surface area contributed by atoms with Crippen molar-refractivity contribution in [3.63, 3.8) is 0 Å². The van der Waals surface area contributed by atoms with Crippen molar-refractivity contribution in [1.82, 2.24) is 19.5 Å². The normalized spacial score (nSPS) is 14.3. The van der Waals surface area contributed by atoms with E-state index in [-0.39, 0.29) is 11.7 Å². The van der Waals surface area contributed by atoms with Gasteiger partial charge in [0.2, 0.25) is 0 Å². The first-order valence-electron chi connectivity index (χ1n) is 12.2. The summed E-state index contributed by atoms with van der Waals surface area (Å²) in [6.45, 7) is 0.798. The van der Waals surface area contributed by atoms with Gasteiger partial charge in [0.15, 0.2) is 5.82 Å². The number of benzene rings is 2. The van der Waals surface area contributed by atoms with Crippen molar-refractivity contribution >= 4 is 34.8 Å². The highest BCUT2D eigenvalue weighted by atomic mass is 19.4. The molecule has 0 saturated carbocycles. The summed E-state index contributed by atoms with van der Waals surface area (Å²) in [5.74, 6) is -0.709. The molecular formula is C26H23F4N7O3. The molecule has 40 heavy (non-hydrogen) atoms. The second kappa shape index (κ2) is 10.4. The van der Waals surface area contributed by atoms with Gasteiger partial charge in [0, 0.05) is 36.0 Å². The van der Waals surface area contributed by atoms with Crippen molar-refractivity contribution in [2.24, 2.45) is 0 Å². The number of carbonyl (C=O) groups is 2. The number of urea groups is 1. The van der Waals surface area contributed by atoms with Gasteiger partial charge < -0.3 is 26.4 Å². The summed E-state index contributed by atoms with van der Waals surface area (Å²) < 4.78 is 54.5. The van der Waals surface area contributed by atoms with Crippen molar-refractivity contribution in [1.29, 1.82) is 0 Å². The number of nitrogens with two attached hydrogens (primary N) is 1. The van der Waals surface area contributed by atoms with Gasteiger partial charge in [-0.05, 0) is 54.8 Å². The van der Waals surface area contributed by atoms with Crippen molar-refractivity contribution in [2.75, 3.05) is 29.5 Å². The average Bonchev–Trinajstić information content (AvgIpc) is 3.31. The number of likely N-dealkylation sites (tertiary alicyclic amines) is 1. The zero-order chi connectivity index (χ0) is 28.6. The van der Waals surface area contributed by atoms with Crippen LogP contribution in [0.5, 0.6) is 0 Å². The molecule has 10 nitrogen and oxygen atoms in total. The van der Waals surface area contributed by atoms with E-state index in [1.807, 2.05) is 6.07 Å². The number of alkyl halides is 3. The monoisotopic (exact) mass is 557 g/mol. The van der Waals surface area contributed by atoms with Gasteiger partial charge in [0.25, 0.3) is 0 Å². The van der Waals surface area contributed by atoms with E-state index in [0.29, 0.717) is 55.3 Å². The summed E-state index contributed by atoms with van der Waals surface area (Å²) in [5, 5.41) is 18.2. The molecule has 0 atom stereocenters. The third-order valence-corrected chi connectivity index (χ3v) is 6.79. The number of amides is 3. The molecule has 3 heterocycles. The van der Waals surface area contributed by atoms with E-state index < -0.39 is 35.4 Å². The first-order chi connectivity index (χ1) is 19.0. The third-order valence-electron chi connectivity index (χ3n) is 6.79. The van der Waals surface area contributed by atoms with E-state index in [1.54, 1.807) is 28.8 Å². The largest absolute Gasteiger partial charge is 0.465 e. The van der Waals surface area contributed by atoms with Crippen molar-refractivity contribution in [3.05, 3.63) is 71.9 Å². The minimum atomic E-state index is -4.69. The molecule has 2 aromatic carbocycles. The second-order valence-corrected chi connectivity index (χ2v) is 9.28. The van der Waals surface area contributed by atoms with Crippen LogP contribution in [0, 0.1) is 5.82 Å². The van der Waals surface area contributed by atoms with Crippen LogP contribution in [0.25, 0.3) is 16.6 Å². The number of anilines is 3. The highest BCUT2D eigenvalue weighted by Crippen LogP contribution is 2.37. The molecular weight excluding hydrogens is 534 g/mol. The van der Waals surface area contributed by atoms with Crippen LogP contribution in [0.4, 0.5) is 44.3 Å². The number of carbonyl (C=O) groups excluding carboxylic acids is 1. The lowest BCUT2D eigenvalue weighted by Gasteiger charge is -2.29. The van der Waals surface area contributed by atoms with E-state index in [2.05, 4.69) is 20.7 Å². The quantitative estimate of drug-likeness (QED) is 0.240. The smallest absolute Gasteiger partial charge is 0.416 e. The summed E-state index contributed by atoms with van der Waals surface area (Å²) in [6, 6.07) is 9.32. The molecule has 1 aliphatic heterocycles. The SMILES string of the molecule is Nc1ncnn2c(C3CCN(C(=O)O)CC3)cc(-c3ccc(NC(=O)Nc4cc(C(F)(F)F)ccc4F)cc3)c12. The van der Waals surface area contributed by atoms with Crippen LogP contribution in [-0.4, -0.2) is 49.8 Å². The number of aromatic nitrogens is 3. The average molecular weight is 558 g/mol. The van der Waals surface area contributed by atoms with E-state index in [4.69, 9.17) is 5.73 Å². The number of fused-ring (bicyclic) bond motifs is 1. The summed E-state index contributed by atoms with van der Waals surface area (Å²) in [5.41, 5.74) is 7.70. The summed E-state index contributed by atoms with van der Waals surface area (Å²) >= 11 is 0. The molecule has 1 fully saturated rings. The maximum absolute atomic E-state index is 14.0. The molecule has 5 rings (SSSR count). The predicted octanol–water partition coefficient (Wildman–Crippen LogP) is 5.64. The van der Waals surface area contributed by atoms with Crippen LogP contribution >= 0.6 is 0 Å². The number of hydrogen-bond acceptors (Lipinski definition) is 5. The fraction of sp³-hybridized carbons (Fsp3) is 0.231. The molecule has 3 amide bonds. The van der Waals surface area contributed by atoms with E-state index in [9.17, 15) is 32.3 Å². The van der Waals surface area contributed by atoms with Crippen molar-refractivity contribution in [2.45, 2.75) is 24.9 Å². The number of halogens is 4. The number of carboxylic acid groups (broad SMARTS) is 1. The fourth-order valence-electron chi connectivity index (χ4n) is 4.78. The van der Waals surface area contributed by atoms with Crippen LogP contribution < -0.4 is 16.4 Å². The van der Waals surface area contributed by atoms with Crippen LogP contribution in [0.1, 0.15) is 30.0 Å². The number of hydrogen-bond donors (Lipinski definition) is 4. The fourth-order valence-corrected chi connectivity index (χ4v) is 4.78. The maximum atomic E-state index is 14.0. The highest BCUT2D eigenvalue weighted by molar-refractivity contribution is 6.00. The zero-order valence-electron chi connectivity index (χ0n) is 20.7. The van der Waals surface area contributed by atoms with Gasteiger partial charge in [-0.1, -0.05) is 12.1 Å². The summed E-state index contributed by atoms with van der Waals surface area (Å²) in [7, 11) is 0. The Hall–Kier alpha value is -4.88. The lowest BCUT2D eigenvalue weighted by Crippen LogP contribution is -2.37.